The average molecular weight is 426 g/mol. The van der Waals surface area contributed by atoms with E-state index in [1.807, 2.05) is 44.2 Å². The van der Waals surface area contributed by atoms with Crippen molar-refractivity contribution >= 4 is 40.4 Å². The highest BCUT2D eigenvalue weighted by molar-refractivity contribution is 6.31. The minimum absolute atomic E-state index is 0.189. The number of rotatable bonds is 3. The molecule has 0 fully saturated rings. The monoisotopic (exact) mass is 425 g/mol. The van der Waals surface area contributed by atoms with E-state index >= 15 is 0 Å². The van der Waals surface area contributed by atoms with E-state index in [9.17, 15) is 4.79 Å². The Labute approximate surface area is 177 Å². The third-order valence-corrected chi connectivity index (χ3v) is 5.34. The number of nitrogens with one attached hydrogen (secondary N) is 1. The zero-order chi connectivity index (χ0) is 20.7. The first-order chi connectivity index (χ1) is 13.8. The van der Waals surface area contributed by atoms with Gasteiger partial charge in [-0.2, -0.15) is 5.10 Å². The molecule has 146 valence electrons. The van der Waals surface area contributed by atoms with Gasteiger partial charge in [0.1, 0.15) is 0 Å². The van der Waals surface area contributed by atoms with Crippen LogP contribution < -0.4 is 5.32 Å². The SMILES string of the molecule is Cc1ccc(NC(=O)c2nnc3c(-c4cccc(Cl)c4)c(C)nn3c2C)cc1Cl. The molecule has 29 heavy (non-hydrogen) atoms. The number of hydrogen-bond donors (Lipinski definition) is 1. The second kappa shape index (κ2) is 7.46. The van der Waals surface area contributed by atoms with Gasteiger partial charge in [-0.05, 0) is 56.2 Å². The molecule has 0 radical (unpaired) electrons. The van der Waals surface area contributed by atoms with Gasteiger partial charge < -0.3 is 5.32 Å². The summed E-state index contributed by atoms with van der Waals surface area (Å²) in [6.07, 6.45) is 0. The molecule has 1 amide bonds. The van der Waals surface area contributed by atoms with Gasteiger partial charge in [0.05, 0.1) is 17.0 Å². The molecule has 1 N–H and O–H groups in total. The lowest BCUT2D eigenvalue weighted by atomic mass is 10.1. The van der Waals surface area contributed by atoms with Crippen LogP contribution in [0.15, 0.2) is 42.5 Å². The predicted molar refractivity (Wildman–Crippen MR) is 115 cm³/mol. The fraction of sp³-hybridized carbons (Fsp3) is 0.143. The number of carbonyl (C=O) groups excluding carboxylic acids is 1. The van der Waals surface area contributed by atoms with E-state index in [1.54, 1.807) is 23.6 Å². The van der Waals surface area contributed by atoms with Crippen LogP contribution in [0, 0.1) is 20.8 Å². The van der Waals surface area contributed by atoms with E-state index < -0.39 is 0 Å². The molecule has 4 rings (SSSR count). The van der Waals surface area contributed by atoms with Gasteiger partial charge in [0, 0.05) is 15.7 Å². The van der Waals surface area contributed by atoms with Crippen LogP contribution in [0.25, 0.3) is 16.8 Å². The minimum atomic E-state index is -0.380. The van der Waals surface area contributed by atoms with Gasteiger partial charge >= 0.3 is 0 Å². The Kier molecular flexibility index (Phi) is 4.98. The number of carbonyl (C=O) groups is 1. The number of fused-ring (bicyclic) bond motifs is 1. The third kappa shape index (κ3) is 3.57. The molecule has 0 aliphatic heterocycles. The highest BCUT2D eigenvalue weighted by Gasteiger charge is 2.20. The van der Waals surface area contributed by atoms with Crippen LogP contribution in [-0.2, 0) is 0 Å². The highest BCUT2D eigenvalue weighted by atomic mass is 35.5. The van der Waals surface area contributed by atoms with E-state index in [0.717, 1.165) is 22.4 Å². The molecule has 0 saturated heterocycles. The standard InChI is InChI=1S/C21H17Cl2N5O/c1-11-7-8-16(10-17(11)23)24-21(29)19-13(3)28-20(26-25-19)18(12(2)27-28)14-5-4-6-15(22)9-14/h4-10H,1-3H3,(H,24,29). The minimum Gasteiger partial charge on any atom is -0.320 e. The summed E-state index contributed by atoms with van der Waals surface area (Å²) in [6.45, 7) is 5.57. The number of halogens is 2. The summed E-state index contributed by atoms with van der Waals surface area (Å²) >= 11 is 12.3. The second-order valence-electron chi connectivity index (χ2n) is 6.76. The Hall–Kier alpha value is -2.96. The predicted octanol–water partition coefficient (Wildman–Crippen LogP) is 5.28. The van der Waals surface area contributed by atoms with Crippen molar-refractivity contribution in [3.63, 3.8) is 0 Å². The summed E-state index contributed by atoms with van der Waals surface area (Å²) in [5.41, 5.74) is 5.36. The summed E-state index contributed by atoms with van der Waals surface area (Å²) in [5.74, 6) is -0.380. The van der Waals surface area contributed by atoms with Crippen LogP contribution in [0.5, 0.6) is 0 Å². The van der Waals surface area contributed by atoms with Gasteiger partial charge in [0.2, 0.25) is 0 Å². The van der Waals surface area contributed by atoms with E-state index in [4.69, 9.17) is 23.2 Å². The molecule has 0 spiro atoms. The van der Waals surface area contributed by atoms with E-state index in [2.05, 4.69) is 20.6 Å². The molecule has 2 aromatic carbocycles. The number of nitrogens with zero attached hydrogens (tertiary/aromatic N) is 4. The second-order valence-corrected chi connectivity index (χ2v) is 7.60. The molecule has 8 heteroatoms. The quantitative estimate of drug-likeness (QED) is 0.484. The van der Waals surface area contributed by atoms with Crippen LogP contribution >= 0.6 is 23.2 Å². The van der Waals surface area contributed by atoms with Crippen molar-refractivity contribution in [1.29, 1.82) is 0 Å². The first kappa shape index (κ1) is 19.4. The van der Waals surface area contributed by atoms with E-state index in [0.29, 0.717) is 27.1 Å². The number of anilines is 1. The third-order valence-electron chi connectivity index (χ3n) is 4.70. The summed E-state index contributed by atoms with van der Waals surface area (Å²) in [7, 11) is 0. The molecule has 0 unspecified atom stereocenters. The van der Waals surface area contributed by atoms with Crippen molar-refractivity contribution in [2.75, 3.05) is 5.32 Å². The molecule has 0 aliphatic carbocycles. The molecular formula is C21H17Cl2N5O. The van der Waals surface area contributed by atoms with Crippen LogP contribution in [0.2, 0.25) is 10.0 Å². The largest absolute Gasteiger partial charge is 0.320 e. The van der Waals surface area contributed by atoms with E-state index in [1.165, 1.54) is 0 Å². The maximum absolute atomic E-state index is 12.8. The lowest BCUT2D eigenvalue weighted by Gasteiger charge is -2.09. The molecule has 2 heterocycles. The number of aryl methyl sites for hydroxylation is 3. The van der Waals surface area contributed by atoms with Gasteiger partial charge in [0.25, 0.3) is 5.91 Å². The Balaban J connectivity index is 1.75. The number of benzene rings is 2. The van der Waals surface area contributed by atoms with Crippen LogP contribution in [0.1, 0.15) is 27.4 Å². The van der Waals surface area contributed by atoms with Crippen molar-refractivity contribution < 1.29 is 4.79 Å². The zero-order valence-corrected chi connectivity index (χ0v) is 17.5. The van der Waals surface area contributed by atoms with Gasteiger partial charge in [0.15, 0.2) is 11.3 Å². The van der Waals surface area contributed by atoms with Crippen LogP contribution in [0.3, 0.4) is 0 Å². The van der Waals surface area contributed by atoms with Crippen LogP contribution in [-0.4, -0.2) is 25.7 Å². The maximum Gasteiger partial charge on any atom is 0.278 e. The normalized spacial score (nSPS) is 11.1. The first-order valence-electron chi connectivity index (χ1n) is 8.91. The molecule has 2 aromatic heterocycles. The molecular weight excluding hydrogens is 409 g/mol. The molecule has 4 aromatic rings. The smallest absolute Gasteiger partial charge is 0.278 e. The van der Waals surface area contributed by atoms with Crippen molar-refractivity contribution in [3.05, 3.63) is 75.2 Å². The summed E-state index contributed by atoms with van der Waals surface area (Å²) in [4.78, 5) is 12.8. The fourth-order valence-corrected chi connectivity index (χ4v) is 3.53. The van der Waals surface area contributed by atoms with Crippen molar-refractivity contribution in [1.82, 2.24) is 19.8 Å². The molecule has 0 atom stereocenters. The zero-order valence-electron chi connectivity index (χ0n) is 16.0. The van der Waals surface area contributed by atoms with Crippen LogP contribution in [0.4, 0.5) is 5.69 Å². The van der Waals surface area contributed by atoms with Gasteiger partial charge in [-0.15, -0.1) is 10.2 Å². The first-order valence-corrected chi connectivity index (χ1v) is 9.67. The van der Waals surface area contributed by atoms with Gasteiger partial charge in [-0.25, -0.2) is 4.52 Å². The fourth-order valence-electron chi connectivity index (χ4n) is 3.16. The lowest BCUT2D eigenvalue weighted by Crippen LogP contribution is -2.18. The lowest BCUT2D eigenvalue weighted by molar-refractivity contribution is 0.102. The Bertz CT molecular complexity index is 1270. The Morgan fingerprint density at radius 3 is 2.55 bits per heavy atom. The van der Waals surface area contributed by atoms with Gasteiger partial charge in [-0.3, -0.25) is 4.79 Å². The Morgan fingerprint density at radius 2 is 1.83 bits per heavy atom. The van der Waals surface area contributed by atoms with E-state index in [-0.39, 0.29) is 11.6 Å². The van der Waals surface area contributed by atoms with Crippen molar-refractivity contribution in [2.24, 2.45) is 0 Å². The highest BCUT2D eigenvalue weighted by Crippen LogP contribution is 2.29. The molecule has 6 nitrogen and oxygen atoms in total. The average Bonchev–Trinajstić information content (AvgIpc) is 3.02. The summed E-state index contributed by atoms with van der Waals surface area (Å²) in [6, 6.07) is 12.8. The molecule has 0 saturated carbocycles. The molecule has 0 bridgehead atoms. The molecule has 0 aliphatic rings. The summed E-state index contributed by atoms with van der Waals surface area (Å²) in [5, 5.41) is 17.0. The Morgan fingerprint density at radius 1 is 1.03 bits per heavy atom. The van der Waals surface area contributed by atoms with Crippen molar-refractivity contribution in [3.8, 4) is 11.1 Å². The van der Waals surface area contributed by atoms with Gasteiger partial charge in [-0.1, -0.05) is 41.4 Å². The number of hydrogen-bond acceptors (Lipinski definition) is 4. The topological polar surface area (TPSA) is 72.2 Å². The maximum atomic E-state index is 12.8. The number of amides is 1. The van der Waals surface area contributed by atoms with Crippen molar-refractivity contribution in [2.45, 2.75) is 20.8 Å². The summed E-state index contributed by atoms with van der Waals surface area (Å²) < 4.78 is 1.63. The number of aromatic nitrogens is 4.